The van der Waals surface area contributed by atoms with Crippen molar-refractivity contribution in [2.75, 3.05) is 36.4 Å². The van der Waals surface area contributed by atoms with E-state index in [9.17, 15) is 9.59 Å². The van der Waals surface area contributed by atoms with Crippen LogP contribution in [0.15, 0.2) is 6.33 Å². The zero-order valence-electron chi connectivity index (χ0n) is 14.9. The molecule has 9 nitrogen and oxygen atoms in total. The highest BCUT2D eigenvalue weighted by atomic mass is 16.6. The molecule has 136 valence electrons. The molecule has 0 aromatic carbocycles. The second-order valence-corrected chi connectivity index (χ2v) is 7.09. The maximum Gasteiger partial charge on any atom is 0.413 e. The Balaban J connectivity index is 1.71. The normalized spacial score (nSPS) is 20.5. The Morgan fingerprint density at radius 2 is 1.96 bits per heavy atom. The van der Waals surface area contributed by atoms with Crippen LogP contribution in [0.3, 0.4) is 0 Å². The van der Waals surface area contributed by atoms with Gasteiger partial charge in [0.25, 0.3) is 0 Å². The van der Waals surface area contributed by atoms with Gasteiger partial charge in [-0.05, 0) is 27.7 Å². The van der Waals surface area contributed by atoms with Gasteiger partial charge in [0.1, 0.15) is 29.7 Å². The lowest BCUT2D eigenvalue weighted by Gasteiger charge is -2.37. The standard InChI is InChI=1S/C16H23N5O4/c1-10-11-12(19-14(22)24-10)17-9-18-13(11)20-5-7-21(8-6-20)15(23)25-16(2,3)4/h9-10H,5-8H2,1-4H3,(H,17,18,19,22). The lowest BCUT2D eigenvalue weighted by atomic mass is 10.1. The summed E-state index contributed by atoms with van der Waals surface area (Å²) in [6.45, 7) is 9.65. The summed E-state index contributed by atoms with van der Waals surface area (Å²) in [5.41, 5.74) is 0.248. The van der Waals surface area contributed by atoms with Gasteiger partial charge in [0, 0.05) is 26.2 Å². The highest BCUT2D eigenvalue weighted by molar-refractivity contribution is 5.88. The molecular formula is C16H23N5O4. The van der Waals surface area contributed by atoms with Gasteiger partial charge in [-0.25, -0.2) is 19.6 Å². The number of fused-ring (bicyclic) bond motifs is 1. The Kier molecular flexibility index (Phi) is 4.40. The van der Waals surface area contributed by atoms with Gasteiger partial charge in [-0.15, -0.1) is 0 Å². The molecule has 25 heavy (non-hydrogen) atoms. The second kappa shape index (κ2) is 6.38. The van der Waals surface area contributed by atoms with Crippen molar-refractivity contribution in [2.45, 2.75) is 39.4 Å². The van der Waals surface area contributed by atoms with Crippen LogP contribution in [0.25, 0.3) is 0 Å². The summed E-state index contributed by atoms with van der Waals surface area (Å²) in [6, 6.07) is 0. The Morgan fingerprint density at radius 3 is 2.60 bits per heavy atom. The van der Waals surface area contributed by atoms with Gasteiger partial charge in [0.05, 0.1) is 5.56 Å². The molecule has 1 N–H and O–H groups in total. The van der Waals surface area contributed by atoms with Gasteiger partial charge in [0.2, 0.25) is 0 Å². The van der Waals surface area contributed by atoms with E-state index < -0.39 is 17.8 Å². The van der Waals surface area contributed by atoms with Crippen LogP contribution in [0.2, 0.25) is 0 Å². The molecule has 0 bridgehead atoms. The molecule has 1 aromatic heterocycles. The maximum absolute atomic E-state index is 12.2. The summed E-state index contributed by atoms with van der Waals surface area (Å²) in [7, 11) is 0. The first-order valence-electron chi connectivity index (χ1n) is 8.30. The Hall–Kier alpha value is -2.58. The van der Waals surface area contributed by atoms with Gasteiger partial charge in [-0.2, -0.15) is 0 Å². The topological polar surface area (TPSA) is 96.9 Å². The Bertz CT molecular complexity index is 680. The number of carbonyl (C=O) groups is 2. The van der Waals surface area contributed by atoms with Gasteiger partial charge in [-0.1, -0.05) is 0 Å². The summed E-state index contributed by atoms with van der Waals surface area (Å²) in [5.74, 6) is 1.20. The number of piperazine rings is 1. The number of aromatic nitrogens is 2. The molecule has 2 aliphatic heterocycles. The SMILES string of the molecule is CC1OC(=O)Nc2ncnc(N3CCN(C(=O)OC(C)(C)C)CC3)c21. The third kappa shape index (κ3) is 3.75. The zero-order valence-corrected chi connectivity index (χ0v) is 14.9. The number of ether oxygens (including phenoxy) is 2. The van der Waals surface area contributed by atoms with Crippen molar-refractivity contribution in [1.29, 1.82) is 0 Å². The molecule has 0 radical (unpaired) electrons. The molecule has 1 unspecified atom stereocenters. The van der Waals surface area contributed by atoms with Gasteiger partial charge >= 0.3 is 12.2 Å². The summed E-state index contributed by atoms with van der Waals surface area (Å²) in [6.07, 6.45) is 0.177. The van der Waals surface area contributed by atoms with Crippen molar-refractivity contribution >= 4 is 23.8 Å². The molecule has 3 heterocycles. The predicted octanol–water partition coefficient (Wildman–Crippen LogP) is 2.16. The van der Waals surface area contributed by atoms with Crippen LogP contribution in [-0.4, -0.2) is 58.8 Å². The minimum Gasteiger partial charge on any atom is -0.444 e. The van der Waals surface area contributed by atoms with E-state index in [1.807, 2.05) is 20.8 Å². The number of cyclic esters (lactones) is 1. The molecule has 1 atom stereocenters. The summed E-state index contributed by atoms with van der Waals surface area (Å²) >= 11 is 0. The van der Waals surface area contributed by atoms with Crippen molar-refractivity contribution in [3.8, 4) is 0 Å². The minimum absolute atomic E-state index is 0.305. The molecule has 1 fully saturated rings. The maximum atomic E-state index is 12.2. The van der Waals surface area contributed by atoms with E-state index in [0.717, 1.165) is 11.4 Å². The molecule has 9 heteroatoms. The first kappa shape index (κ1) is 17.2. The fraction of sp³-hybridized carbons (Fsp3) is 0.625. The van der Waals surface area contributed by atoms with Crippen molar-refractivity contribution < 1.29 is 19.1 Å². The van der Waals surface area contributed by atoms with Gasteiger partial charge < -0.3 is 19.3 Å². The fourth-order valence-electron chi connectivity index (χ4n) is 2.89. The zero-order chi connectivity index (χ0) is 18.2. The molecule has 2 amide bonds. The number of hydrogen-bond donors (Lipinski definition) is 1. The van der Waals surface area contributed by atoms with E-state index in [0.29, 0.717) is 32.0 Å². The van der Waals surface area contributed by atoms with Gasteiger partial charge in [0.15, 0.2) is 0 Å². The lowest BCUT2D eigenvalue weighted by molar-refractivity contribution is 0.0240. The molecule has 0 spiro atoms. The van der Waals surface area contributed by atoms with E-state index >= 15 is 0 Å². The Morgan fingerprint density at radius 1 is 1.28 bits per heavy atom. The predicted molar refractivity (Wildman–Crippen MR) is 90.6 cm³/mol. The van der Waals surface area contributed by atoms with E-state index in [-0.39, 0.29) is 6.09 Å². The molecule has 1 aromatic rings. The van der Waals surface area contributed by atoms with E-state index in [1.165, 1.54) is 6.33 Å². The van der Waals surface area contributed by atoms with Crippen molar-refractivity contribution in [3.63, 3.8) is 0 Å². The molecule has 3 rings (SSSR count). The number of carbonyl (C=O) groups excluding carboxylic acids is 2. The Labute approximate surface area is 146 Å². The number of anilines is 2. The smallest absolute Gasteiger partial charge is 0.413 e. The quantitative estimate of drug-likeness (QED) is 0.829. The molecule has 1 saturated heterocycles. The van der Waals surface area contributed by atoms with E-state index in [2.05, 4.69) is 20.2 Å². The largest absolute Gasteiger partial charge is 0.444 e. The second-order valence-electron chi connectivity index (χ2n) is 7.09. The van der Waals surface area contributed by atoms with Crippen LogP contribution in [-0.2, 0) is 9.47 Å². The summed E-state index contributed by atoms with van der Waals surface area (Å²) in [5, 5.41) is 2.60. The van der Waals surface area contributed by atoms with Crippen molar-refractivity contribution in [1.82, 2.24) is 14.9 Å². The third-order valence-electron chi connectivity index (χ3n) is 4.00. The highest BCUT2D eigenvalue weighted by Crippen LogP contribution is 2.35. The molecule has 0 aliphatic carbocycles. The number of nitrogens with zero attached hydrogens (tertiary/aromatic N) is 4. The number of amides is 2. The monoisotopic (exact) mass is 349 g/mol. The molecule has 0 saturated carbocycles. The van der Waals surface area contributed by atoms with E-state index in [1.54, 1.807) is 11.8 Å². The summed E-state index contributed by atoms with van der Waals surface area (Å²) < 4.78 is 10.6. The third-order valence-corrected chi connectivity index (χ3v) is 4.00. The first-order chi connectivity index (χ1) is 11.7. The number of rotatable bonds is 1. The van der Waals surface area contributed by atoms with Crippen LogP contribution >= 0.6 is 0 Å². The van der Waals surface area contributed by atoms with Crippen molar-refractivity contribution in [2.24, 2.45) is 0 Å². The van der Waals surface area contributed by atoms with E-state index in [4.69, 9.17) is 9.47 Å². The van der Waals surface area contributed by atoms with Crippen LogP contribution in [0.5, 0.6) is 0 Å². The van der Waals surface area contributed by atoms with Crippen LogP contribution < -0.4 is 10.2 Å². The number of nitrogens with one attached hydrogen (secondary N) is 1. The van der Waals surface area contributed by atoms with Crippen LogP contribution in [0.4, 0.5) is 21.2 Å². The average Bonchev–Trinajstić information content (AvgIpc) is 2.52. The van der Waals surface area contributed by atoms with Crippen molar-refractivity contribution in [3.05, 3.63) is 11.9 Å². The average molecular weight is 349 g/mol. The van der Waals surface area contributed by atoms with Gasteiger partial charge in [-0.3, -0.25) is 5.32 Å². The summed E-state index contributed by atoms with van der Waals surface area (Å²) in [4.78, 5) is 35.9. The van der Waals surface area contributed by atoms with Crippen LogP contribution in [0, 0.1) is 0 Å². The lowest BCUT2D eigenvalue weighted by Crippen LogP contribution is -2.50. The number of hydrogen-bond acceptors (Lipinski definition) is 7. The minimum atomic E-state index is -0.514. The van der Waals surface area contributed by atoms with Crippen LogP contribution in [0.1, 0.15) is 39.4 Å². The fourth-order valence-corrected chi connectivity index (χ4v) is 2.89. The highest BCUT2D eigenvalue weighted by Gasteiger charge is 2.32. The first-order valence-corrected chi connectivity index (χ1v) is 8.30. The molecule has 2 aliphatic rings. The molecular weight excluding hydrogens is 326 g/mol.